The SMILES string of the molecule is COc1ccccc1C(=O)OCCCN1C(=O)c2ccccc2C1=O. The average Bonchev–Trinajstić information content (AvgIpc) is 2.90. The number of para-hydroxylation sites is 1. The zero-order chi connectivity index (χ0) is 17.8. The Morgan fingerprint density at radius 1 is 0.960 bits per heavy atom. The molecule has 0 spiro atoms. The van der Waals surface area contributed by atoms with Gasteiger partial charge >= 0.3 is 5.97 Å². The largest absolute Gasteiger partial charge is 0.496 e. The second kappa shape index (κ2) is 7.17. The van der Waals surface area contributed by atoms with Crippen molar-refractivity contribution < 1.29 is 23.9 Å². The molecule has 6 heteroatoms. The molecule has 0 saturated heterocycles. The molecule has 0 radical (unpaired) electrons. The summed E-state index contributed by atoms with van der Waals surface area (Å²) in [6.07, 6.45) is 0.367. The smallest absolute Gasteiger partial charge is 0.341 e. The Hall–Kier alpha value is -3.15. The van der Waals surface area contributed by atoms with Crippen molar-refractivity contribution in [2.45, 2.75) is 6.42 Å². The molecule has 2 aromatic rings. The number of nitrogens with zero attached hydrogens (tertiary/aromatic N) is 1. The van der Waals surface area contributed by atoms with Gasteiger partial charge in [0.2, 0.25) is 0 Å². The van der Waals surface area contributed by atoms with Gasteiger partial charge in [-0.25, -0.2) is 4.79 Å². The van der Waals surface area contributed by atoms with Crippen LogP contribution in [0.25, 0.3) is 0 Å². The fourth-order valence-electron chi connectivity index (χ4n) is 2.72. The molecule has 1 heterocycles. The molecule has 0 saturated carbocycles. The van der Waals surface area contributed by atoms with Crippen molar-refractivity contribution in [3.63, 3.8) is 0 Å². The Morgan fingerprint density at radius 2 is 1.56 bits per heavy atom. The van der Waals surface area contributed by atoms with Gasteiger partial charge in [-0.2, -0.15) is 0 Å². The molecule has 0 unspecified atom stereocenters. The van der Waals surface area contributed by atoms with Gasteiger partial charge in [0.15, 0.2) is 0 Å². The van der Waals surface area contributed by atoms with E-state index in [1.807, 2.05) is 0 Å². The monoisotopic (exact) mass is 339 g/mol. The number of esters is 1. The van der Waals surface area contributed by atoms with Gasteiger partial charge in [-0.15, -0.1) is 0 Å². The van der Waals surface area contributed by atoms with Gasteiger partial charge in [-0.05, 0) is 30.7 Å². The summed E-state index contributed by atoms with van der Waals surface area (Å²) < 4.78 is 10.3. The lowest BCUT2D eigenvalue weighted by atomic mass is 10.1. The molecule has 3 rings (SSSR count). The number of hydrogen-bond acceptors (Lipinski definition) is 5. The van der Waals surface area contributed by atoms with E-state index >= 15 is 0 Å². The van der Waals surface area contributed by atoms with Crippen molar-refractivity contribution in [1.29, 1.82) is 0 Å². The van der Waals surface area contributed by atoms with Crippen molar-refractivity contribution >= 4 is 17.8 Å². The molecule has 0 N–H and O–H groups in total. The highest BCUT2D eigenvalue weighted by atomic mass is 16.5. The normalized spacial score (nSPS) is 12.9. The molecule has 2 amide bonds. The van der Waals surface area contributed by atoms with Crippen LogP contribution in [0.1, 0.15) is 37.5 Å². The molecule has 25 heavy (non-hydrogen) atoms. The third kappa shape index (κ3) is 3.24. The second-order valence-corrected chi connectivity index (χ2v) is 5.50. The van der Waals surface area contributed by atoms with E-state index in [4.69, 9.17) is 9.47 Å². The van der Waals surface area contributed by atoms with Gasteiger partial charge in [0.1, 0.15) is 11.3 Å². The van der Waals surface area contributed by atoms with Crippen molar-refractivity contribution in [2.24, 2.45) is 0 Å². The number of rotatable bonds is 6. The van der Waals surface area contributed by atoms with Crippen LogP contribution in [0.4, 0.5) is 0 Å². The van der Waals surface area contributed by atoms with Gasteiger partial charge in [0.05, 0.1) is 24.8 Å². The van der Waals surface area contributed by atoms with Crippen molar-refractivity contribution in [1.82, 2.24) is 4.90 Å². The summed E-state index contributed by atoms with van der Waals surface area (Å²) in [5.74, 6) is -0.680. The average molecular weight is 339 g/mol. The standard InChI is InChI=1S/C19H17NO5/c1-24-16-10-5-4-9-15(16)19(23)25-12-6-11-20-17(21)13-7-2-3-8-14(13)18(20)22/h2-5,7-10H,6,11-12H2,1H3. The van der Waals surface area contributed by atoms with Gasteiger partial charge in [-0.3, -0.25) is 14.5 Å². The highest BCUT2D eigenvalue weighted by Gasteiger charge is 2.34. The highest BCUT2D eigenvalue weighted by molar-refractivity contribution is 6.21. The summed E-state index contributed by atoms with van der Waals surface area (Å²) in [6, 6.07) is 13.5. The Kier molecular flexibility index (Phi) is 4.79. The Bertz CT molecular complexity index is 795. The number of amides is 2. The maximum Gasteiger partial charge on any atom is 0.341 e. The van der Waals surface area contributed by atoms with E-state index in [1.165, 1.54) is 12.0 Å². The lowest BCUT2D eigenvalue weighted by molar-refractivity contribution is 0.0479. The van der Waals surface area contributed by atoms with E-state index < -0.39 is 5.97 Å². The number of benzene rings is 2. The van der Waals surface area contributed by atoms with Crippen molar-refractivity contribution in [3.8, 4) is 5.75 Å². The molecule has 1 aliphatic rings. The zero-order valence-corrected chi connectivity index (χ0v) is 13.7. The summed E-state index contributed by atoms with van der Waals surface area (Å²) in [5, 5.41) is 0. The number of imide groups is 1. The predicted molar refractivity (Wildman–Crippen MR) is 89.7 cm³/mol. The summed E-state index contributed by atoms with van der Waals surface area (Å²) in [5.41, 5.74) is 1.17. The van der Waals surface area contributed by atoms with Crippen molar-refractivity contribution in [2.75, 3.05) is 20.3 Å². The maximum absolute atomic E-state index is 12.2. The molecule has 128 valence electrons. The van der Waals surface area contributed by atoms with E-state index in [2.05, 4.69) is 0 Å². The number of methoxy groups -OCH3 is 1. The summed E-state index contributed by atoms with van der Waals surface area (Å²) in [7, 11) is 1.48. The van der Waals surface area contributed by atoms with E-state index in [-0.39, 0.29) is 25.0 Å². The quantitative estimate of drug-likeness (QED) is 0.459. The fourth-order valence-corrected chi connectivity index (χ4v) is 2.72. The molecule has 0 atom stereocenters. The molecule has 0 aromatic heterocycles. The van der Waals surface area contributed by atoms with Crippen LogP contribution >= 0.6 is 0 Å². The van der Waals surface area contributed by atoms with Crippen LogP contribution in [0.3, 0.4) is 0 Å². The number of carbonyl (C=O) groups excluding carboxylic acids is 3. The van der Waals surface area contributed by atoms with Gasteiger partial charge in [-0.1, -0.05) is 24.3 Å². The van der Waals surface area contributed by atoms with E-state index in [9.17, 15) is 14.4 Å². The van der Waals surface area contributed by atoms with Crippen LogP contribution in [0.15, 0.2) is 48.5 Å². The third-order valence-electron chi connectivity index (χ3n) is 3.96. The number of fused-ring (bicyclic) bond motifs is 1. The highest BCUT2D eigenvalue weighted by Crippen LogP contribution is 2.22. The second-order valence-electron chi connectivity index (χ2n) is 5.50. The van der Waals surface area contributed by atoms with Crippen LogP contribution in [-0.2, 0) is 4.74 Å². The first-order chi connectivity index (χ1) is 12.1. The topological polar surface area (TPSA) is 72.9 Å². The van der Waals surface area contributed by atoms with E-state index in [0.717, 1.165) is 0 Å². The van der Waals surface area contributed by atoms with Crippen LogP contribution in [0.2, 0.25) is 0 Å². The van der Waals surface area contributed by atoms with Crippen LogP contribution in [0.5, 0.6) is 5.75 Å². The van der Waals surface area contributed by atoms with Gasteiger partial charge in [0, 0.05) is 6.54 Å². The van der Waals surface area contributed by atoms with Gasteiger partial charge in [0.25, 0.3) is 11.8 Å². The third-order valence-corrected chi connectivity index (χ3v) is 3.96. The molecular formula is C19H17NO5. The van der Waals surface area contributed by atoms with Crippen LogP contribution < -0.4 is 4.74 Å². The first kappa shape index (κ1) is 16.7. The summed E-state index contributed by atoms with van der Waals surface area (Å²) in [6.45, 7) is 0.301. The molecule has 0 bridgehead atoms. The van der Waals surface area contributed by atoms with E-state index in [0.29, 0.717) is 28.9 Å². The molecular weight excluding hydrogens is 322 g/mol. The minimum atomic E-state index is -0.500. The maximum atomic E-state index is 12.2. The van der Waals surface area contributed by atoms with Crippen LogP contribution in [0, 0.1) is 0 Å². The fraction of sp³-hybridized carbons (Fsp3) is 0.211. The Morgan fingerprint density at radius 3 is 2.20 bits per heavy atom. The van der Waals surface area contributed by atoms with Crippen LogP contribution in [-0.4, -0.2) is 42.9 Å². The molecule has 0 aliphatic carbocycles. The summed E-state index contributed by atoms with van der Waals surface area (Å²) >= 11 is 0. The number of ether oxygens (including phenoxy) is 2. The first-order valence-electron chi connectivity index (χ1n) is 7.89. The minimum Gasteiger partial charge on any atom is -0.496 e. The van der Waals surface area contributed by atoms with E-state index in [1.54, 1.807) is 48.5 Å². The molecule has 0 fully saturated rings. The first-order valence-corrected chi connectivity index (χ1v) is 7.89. The predicted octanol–water partition coefficient (Wildman–Crippen LogP) is 2.54. The number of hydrogen-bond donors (Lipinski definition) is 0. The Balaban J connectivity index is 1.54. The lowest BCUT2D eigenvalue weighted by Gasteiger charge is -2.14. The zero-order valence-electron chi connectivity index (χ0n) is 13.7. The van der Waals surface area contributed by atoms with Crippen molar-refractivity contribution in [3.05, 3.63) is 65.2 Å². The lowest BCUT2D eigenvalue weighted by Crippen LogP contribution is -2.31. The minimum absolute atomic E-state index is 0.101. The Labute approximate surface area is 145 Å². The number of carbonyl (C=O) groups is 3. The molecule has 1 aliphatic heterocycles. The van der Waals surface area contributed by atoms with Gasteiger partial charge < -0.3 is 9.47 Å². The molecule has 6 nitrogen and oxygen atoms in total. The molecule has 2 aromatic carbocycles. The summed E-state index contributed by atoms with van der Waals surface area (Å²) in [4.78, 5) is 37.7.